The zero-order chi connectivity index (χ0) is 20.1. The Bertz CT molecular complexity index is 686. The number of thiophene rings is 2. The molecule has 0 spiro atoms. The molecule has 0 aliphatic rings. The van der Waals surface area contributed by atoms with E-state index in [-0.39, 0.29) is 0 Å². The summed E-state index contributed by atoms with van der Waals surface area (Å²) in [5.41, 5.74) is 3.18. The van der Waals surface area contributed by atoms with E-state index < -0.39 is 11.9 Å². The Labute approximate surface area is 165 Å². The third-order valence-corrected chi connectivity index (χ3v) is 4.39. The van der Waals surface area contributed by atoms with E-state index in [4.69, 9.17) is 9.94 Å². The molecule has 0 unspecified atom stereocenters. The topological polar surface area (TPSA) is 103 Å². The number of aliphatic carboxylic acids is 2. The smallest absolute Gasteiger partial charge is 0.328 e. The molecule has 9 heteroatoms. The van der Waals surface area contributed by atoms with Crippen LogP contribution in [0.1, 0.15) is 17.5 Å². The zero-order valence-electron chi connectivity index (χ0n) is 15.1. The number of hydrogen-bond acceptors (Lipinski definition) is 7. The lowest BCUT2D eigenvalue weighted by molar-refractivity contribution is -0.858. The molecule has 2 heterocycles. The van der Waals surface area contributed by atoms with Crippen molar-refractivity contribution in [2.24, 2.45) is 5.16 Å². The quantitative estimate of drug-likeness (QED) is 0.271. The van der Waals surface area contributed by atoms with Crippen molar-refractivity contribution in [1.29, 1.82) is 0 Å². The van der Waals surface area contributed by atoms with Crippen LogP contribution in [0.2, 0.25) is 0 Å². The first-order valence-corrected chi connectivity index (χ1v) is 9.94. The molecule has 2 rings (SSSR count). The van der Waals surface area contributed by atoms with E-state index in [1.165, 1.54) is 4.90 Å². The molecule has 146 valence electrons. The fourth-order valence-corrected chi connectivity index (χ4v) is 3.09. The van der Waals surface area contributed by atoms with Crippen molar-refractivity contribution in [3.63, 3.8) is 0 Å². The molecule has 0 atom stereocenters. The number of nitrogens with one attached hydrogen (secondary N) is 1. The Morgan fingerprint density at radius 3 is 2.15 bits per heavy atom. The first kappa shape index (κ1) is 22.6. The summed E-state index contributed by atoms with van der Waals surface area (Å²) in [6.45, 7) is 1.77. The van der Waals surface area contributed by atoms with E-state index in [1.54, 1.807) is 22.7 Å². The molecule has 0 bridgehead atoms. The number of carbonyl (C=O) groups excluding carboxylic acids is 1. The summed E-state index contributed by atoms with van der Waals surface area (Å²) in [6.07, 6.45) is 1.96. The lowest BCUT2D eigenvalue weighted by Crippen LogP contribution is -3.05. The molecule has 0 saturated carbocycles. The van der Waals surface area contributed by atoms with Crippen LogP contribution in [0.3, 0.4) is 0 Å². The Morgan fingerprint density at radius 2 is 1.78 bits per heavy atom. The molecule has 0 amide bonds. The van der Waals surface area contributed by atoms with Crippen LogP contribution in [-0.2, 0) is 14.4 Å². The highest BCUT2D eigenvalue weighted by atomic mass is 32.1. The molecule has 2 aromatic heterocycles. The fourth-order valence-electron chi connectivity index (χ4n) is 1.81. The van der Waals surface area contributed by atoms with Gasteiger partial charge in [-0.05, 0) is 29.0 Å². The second-order valence-corrected chi connectivity index (χ2v) is 7.16. The van der Waals surface area contributed by atoms with E-state index in [2.05, 4.69) is 52.9 Å². The largest absolute Gasteiger partial charge is 0.545 e. The second-order valence-electron chi connectivity index (χ2n) is 5.60. The van der Waals surface area contributed by atoms with Gasteiger partial charge >= 0.3 is 5.97 Å². The number of quaternary nitrogens is 1. The van der Waals surface area contributed by atoms with Crippen molar-refractivity contribution >= 4 is 40.3 Å². The first-order valence-electron chi connectivity index (χ1n) is 8.06. The number of hydrogen-bond donors (Lipinski definition) is 2. The van der Waals surface area contributed by atoms with E-state index in [0.717, 1.165) is 29.8 Å². The molecule has 0 radical (unpaired) electrons. The molecule has 0 aliphatic heterocycles. The van der Waals surface area contributed by atoms with E-state index in [1.807, 2.05) is 0 Å². The van der Waals surface area contributed by atoms with Gasteiger partial charge in [0.15, 0.2) is 0 Å². The molecule has 2 N–H and O–H groups in total. The molecule has 0 fully saturated rings. The first-order chi connectivity index (χ1) is 12.9. The van der Waals surface area contributed by atoms with E-state index >= 15 is 0 Å². The predicted molar refractivity (Wildman–Crippen MR) is 104 cm³/mol. The van der Waals surface area contributed by atoms with Crippen molar-refractivity contribution in [3.05, 3.63) is 56.9 Å². The van der Waals surface area contributed by atoms with Crippen LogP contribution in [0.15, 0.2) is 51.0 Å². The highest BCUT2D eigenvalue weighted by Gasteiger charge is 2.09. The van der Waals surface area contributed by atoms with Crippen molar-refractivity contribution in [1.82, 2.24) is 0 Å². The number of carboxylic acid groups (broad SMARTS) is 2. The van der Waals surface area contributed by atoms with Gasteiger partial charge < -0.3 is 24.7 Å². The Hall–Kier alpha value is -2.49. The minimum Gasteiger partial charge on any atom is -0.545 e. The maximum Gasteiger partial charge on any atom is 0.328 e. The number of nitrogens with zero attached hydrogens (tertiary/aromatic N) is 1. The highest BCUT2D eigenvalue weighted by molar-refractivity contribution is 7.08. The predicted octanol–water partition coefficient (Wildman–Crippen LogP) is 0.490. The molecule has 0 aliphatic carbocycles. The number of carbonyl (C=O) groups is 2. The summed E-state index contributed by atoms with van der Waals surface area (Å²) in [6, 6.07) is 4.16. The molecule has 7 nitrogen and oxygen atoms in total. The van der Waals surface area contributed by atoms with E-state index in [9.17, 15) is 14.7 Å². The second kappa shape index (κ2) is 12.8. The number of carboxylic acids is 2. The monoisotopic (exact) mass is 410 g/mol. The van der Waals surface area contributed by atoms with Crippen LogP contribution in [0, 0.1) is 0 Å². The summed E-state index contributed by atoms with van der Waals surface area (Å²) in [5.74, 6) is -2.80. The fraction of sp³-hybridized carbons (Fsp3) is 0.278. The van der Waals surface area contributed by atoms with Gasteiger partial charge in [-0.15, -0.1) is 0 Å². The van der Waals surface area contributed by atoms with Crippen molar-refractivity contribution < 1.29 is 29.5 Å². The molecule has 0 aromatic carbocycles. The third kappa shape index (κ3) is 10.3. The van der Waals surface area contributed by atoms with Crippen LogP contribution in [-0.4, -0.2) is 50.0 Å². The van der Waals surface area contributed by atoms with Gasteiger partial charge in [0, 0.05) is 34.4 Å². The summed E-state index contributed by atoms with van der Waals surface area (Å²) < 4.78 is 0. The molecule has 0 saturated heterocycles. The summed E-state index contributed by atoms with van der Waals surface area (Å²) in [5, 5.41) is 29.9. The maximum atomic E-state index is 9.53. The van der Waals surface area contributed by atoms with Crippen LogP contribution in [0.25, 0.3) is 0 Å². The van der Waals surface area contributed by atoms with Crippen molar-refractivity contribution in [2.45, 2.75) is 6.42 Å². The van der Waals surface area contributed by atoms with Crippen molar-refractivity contribution in [2.75, 3.05) is 27.2 Å². The molecule has 27 heavy (non-hydrogen) atoms. The van der Waals surface area contributed by atoms with Crippen LogP contribution < -0.4 is 10.0 Å². The van der Waals surface area contributed by atoms with Gasteiger partial charge in [-0.25, -0.2) is 4.79 Å². The van der Waals surface area contributed by atoms with Crippen molar-refractivity contribution in [3.8, 4) is 0 Å². The molecule has 2 aromatic rings. The van der Waals surface area contributed by atoms with Gasteiger partial charge in [0.1, 0.15) is 12.3 Å². The minimum absolute atomic E-state index is 0.447. The van der Waals surface area contributed by atoms with Gasteiger partial charge in [0.2, 0.25) is 0 Å². The maximum absolute atomic E-state index is 9.53. The Kier molecular flexibility index (Phi) is 10.7. The SMILES string of the molecule is C[NH+](C)CCCON=C(c1ccsc1)c1ccsc1.O=C([O-])/C=C/C(=O)O. The Balaban J connectivity index is 0.000000387. The zero-order valence-corrected chi connectivity index (χ0v) is 16.7. The number of rotatable bonds is 9. The van der Waals surface area contributed by atoms with E-state index in [0.29, 0.717) is 18.8 Å². The summed E-state index contributed by atoms with van der Waals surface area (Å²) in [7, 11) is 4.29. The average Bonchev–Trinajstić information content (AvgIpc) is 3.30. The lowest BCUT2D eigenvalue weighted by atomic mass is 10.1. The lowest BCUT2D eigenvalue weighted by Gasteiger charge is -2.06. The van der Waals surface area contributed by atoms with Gasteiger partial charge in [-0.1, -0.05) is 5.16 Å². The van der Waals surface area contributed by atoms with Crippen LogP contribution in [0.5, 0.6) is 0 Å². The van der Waals surface area contributed by atoms with Gasteiger partial charge in [0.25, 0.3) is 0 Å². The average molecular weight is 411 g/mol. The summed E-state index contributed by atoms with van der Waals surface area (Å²) >= 11 is 3.35. The standard InChI is InChI=1S/C14H18N2OS2.C4H4O4/c1-16(2)6-3-7-17-15-14(12-4-8-18-10-12)13-5-9-19-11-13;5-3(6)1-2-4(7)8/h4-5,8-11H,3,6-7H2,1-2H3;1-2H,(H,5,6)(H,7,8)/b;2-1+. The van der Waals surface area contributed by atoms with Crippen LogP contribution >= 0.6 is 22.7 Å². The van der Waals surface area contributed by atoms with Gasteiger partial charge in [0.05, 0.1) is 26.6 Å². The minimum atomic E-state index is -1.51. The molecular weight excluding hydrogens is 388 g/mol. The molecular formula is C18H22N2O5S2. The van der Waals surface area contributed by atoms with Gasteiger partial charge in [-0.2, -0.15) is 22.7 Å². The van der Waals surface area contributed by atoms with Crippen LogP contribution in [0.4, 0.5) is 0 Å². The normalized spacial score (nSPS) is 10.3. The highest BCUT2D eigenvalue weighted by Crippen LogP contribution is 2.16. The third-order valence-electron chi connectivity index (χ3n) is 3.02. The van der Waals surface area contributed by atoms with Gasteiger partial charge in [-0.3, -0.25) is 0 Å². The number of oxime groups is 1. The summed E-state index contributed by atoms with van der Waals surface area (Å²) in [4.78, 5) is 25.9. The Morgan fingerprint density at radius 1 is 1.19 bits per heavy atom.